The second-order valence-corrected chi connectivity index (χ2v) is 5.02. The lowest BCUT2D eigenvalue weighted by Crippen LogP contribution is -2.26. The van der Waals surface area contributed by atoms with Gasteiger partial charge in [0.05, 0.1) is 5.02 Å². The summed E-state index contributed by atoms with van der Waals surface area (Å²) in [6.07, 6.45) is 5.47. The maximum Gasteiger partial charge on any atom is 0.347 e. The van der Waals surface area contributed by atoms with Crippen LogP contribution in [0.5, 0.6) is 17.4 Å². The van der Waals surface area contributed by atoms with E-state index in [0.717, 1.165) is 6.07 Å². The van der Waals surface area contributed by atoms with Crippen molar-refractivity contribution in [2.24, 2.45) is 0 Å². The number of benzene rings is 1. The molecular weight excluding hydrogens is 343 g/mol. The average molecular weight is 356 g/mol. The summed E-state index contributed by atoms with van der Waals surface area (Å²) in [5.74, 6) is 1.52. The van der Waals surface area contributed by atoms with Crippen molar-refractivity contribution in [3.05, 3.63) is 47.4 Å². The van der Waals surface area contributed by atoms with E-state index in [0.29, 0.717) is 11.5 Å². The van der Waals surface area contributed by atoms with Crippen molar-refractivity contribution in [1.29, 1.82) is 0 Å². The third-order valence-corrected chi connectivity index (χ3v) is 2.96. The number of pyridine rings is 1. The van der Waals surface area contributed by atoms with Crippen LogP contribution in [0.1, 0.15) is 6.92 Å². The Labute approximate surface area is 143 Å². The van der Waals surface area contributed by atoms with E-state index >= 15 is 0 Å². The van der Waals surface area contributed by atoms with E-state index in [2.05, 4.69) is 10.9 Å². The number of rotatable bonds is 6. The molecule has 2 aromatic rings. The van der Waals surface area contributed by atoms with E-state index in [1.54, 1.807) is 24.3 Å². The van der Waals surface area contributed by atoms with Gasteiger partial charge in [0.25, 0.3) is 5.88 Å². The van der Waals surface area contributed by atoms with E-state index in [1.807, 2.05) is 0 Å². The molecule has 124 valence electrons. The molecule has 0 aliphatic heterocycles. The number of hydrogen-bond donors (Lipinski definition) is 0. The number of carbonyl (C=O) groups is 1. The first-order valence-corrected chi connectivity index (χ1v) is 7.23. The monoisotopic (exact) mass is 355 g/mol. The molecule has 1 aromatic heterocycles. The zero-order valence-electron chi connectivity index (χ0n) is 12.7. The molecule has 0 spiro atoms. The molecule has 0 saturated carbocycles. The fraction of sp³-hybridized carbons (Fsp3) is 0.176. The van der Waals surface area contributed by atoms with Crippen molar-refractivity contribution >= 4 is 17.6 Å². The first-order valence-electron chi connectivity index (χ1n) is 6.85. The van der Waals surface area contributed by atoms with Crippen LogP contribution in [-0.2, 0) is 9.53 Å². The lowest BCUT2D eigenvalue weighted by molar-refractivity contribution is -0.149. The third kappa shape index (κ3) is 4.86. The Hall–Kier alpha value is -2.78. The summed E-state index contributed by atoms with van der Waals surface area (Å²) >= 11 is 5.62. The van der Waals surface area contributed by atoms with E-state index in [1.165, 1.54) is 13.1 Å². The van der Waals surface area contributed by atoms with Gasteiger partial charge in [-0.25, -0.2) is 14.2 Å². The van der Waals surface area contributed by atoms with Crippen LogP contribution in [0, 0.1) is 18.2 Å². The number of terminal acetylenes is 1. The molecule has 7 heteroatoms. The number of aromatic nitrogens is 1. The molecular formula is C17H13ClFNO4. The highest BCUT2D eigenvalue weighted by Crippen LogP contribution is 2.26. The van der Waals surface area contributed by atoms with Crippen molar-refractivity contribution in [3.8, 4) is 29.7 Å². The first-order chi connectivity index (χ1) is 11.5. The topological polar surface area (TPSA) is 57.7 Å². The zero-order valence-corrected chi connectivity index (χ0v) is 13.4. The van der Waals surface area contributed by atoms with Gasteiger partial charge in [0, 0.05) is 6.20 Å². The Bertz CT molecular complexity index is 758. The standard InChI is InChI=1S/C17H13ClFNO4/c1-3-8-22-17(21)11(2)23-13-4-6-14(7-5-13)24-16-15(19)9-12(18)10-20-16/h1,4-7,9-11H,8H2,2H3/t11-/m1/s1/i4+1,5+1,6+1,7+1,13+1,14+1. The van der Waals surface area contributed by atoms with Crippen LogP contribution in [0.2, 0.25) is 5.02 Å². The summed E-state index contributed by atoms with van der Waals surface area (Å²) in [5, 5.41) is 0.175. The zero-order chi connectivity index (χ0) is 17.5. The highest BCUT2D eigenvalue weighted by Gasteiger charge is 2.16. The molecule has 0 saturated heterocycles. The molecule has 0 bridgehead atoms. The second-order valence-electron chi connectivity index (χ2n) is 4.59. The van der Waals surface area contributed by atoms with E-state index in [-0.39, 0.29) is 17.5 Å². The summed E-state index contributed by atoms with van der Waals surface area (Å²) in [4.78, 5) is 15.3. The number of esters is 1. The number of halogens is 2. The first kappa shape index (κ1) is 17.6. The molecule has 0 radical (unpaired) electrons. The van der Waals surface area contributed by atoms with Crippen LogP contribution in [-0.4, -0.2) is 23.7 Å². The van der Waals surface area contributed by atoms with Gasteiger partial charge in [-0.2, -0.15) is 0 Å². The van der Waals surface area contributed by atoms with Crippen LogP contribution in [0.15, 0.2) is 36.5 Å². The Morgan fingerprint density at radius 1 is 1.38 bits per heavy atom. The Kier molecular flexibility index (Phi) is 5.99. The number of ether oxygens (including phenoxy) is 3. The van der Waals surface area contributed by atoms with Crippen LogP contribution >= 0.6 is 11.6 Å². The van der Waals surface area contributed by atoms with Gasteiger partial charge in [0.1, 0.15) is 11.5 Å². The van der Waals surface area contributed by atoms with Gasteiger partial charge < -0.3 is 14.2 Å². The lowest BCUT2D eigenvalue weighted by atomic mass is 10.4. The van der Waals surface area contributed by atoms with Crippen LogP contribution in [0.3, 0.4) is 0 Å². The minimum Gasteiger partial charge on any atom is -0.479 e. The van der Waals surface area contributed by atoms with Gasteiger partial charge in [-0.1, -0.05) is 17.5 Å². The van der Waals surface area contributed by atoms with Crippen LogP contribution in [0.4, 0.5) is 4.39 Å². The highest BCUT2D eigenvalue weighted by atomic mass is 35.5. The minimum atomic E-state index is -0.819. The van der Waals surface area contributed by atoms with Crippen molar-refractivity contribution in [2.45, 2.75) is 13.0 Å². The van der Waals surface area contributed by atoms with Gasteiger partial charge in [-0.3, -0.25) is 0 Å². The third-order valence-electron chi connectivity index (χ3n) is 2.75. The molecule has 0 aliphatic rings. The maximum atomic E-state index is 13.6. The Balaban J connectivity index is 1.98. The maximum absolute atomic E-state index is 13.6. The number of hydrogen-bond acceptors (Lipinski definition) is 5. The average Bonchev–Trinajstić information content (AvgIpc) is 2.56. The van der Waals surface area contributed by atoms with Gasteiger partial charge in [0.2, 0.25) is 0 Å². The van der Waals surface area contributed by atoms with E-state index in [9.17, 15) is 9.18 Å². The summed E-state index contributed by atoms with van der Waals surface area (Å²) in [6, 6.07) is 7.32. The van der Waals surface area contributed by atoms with Crippen molar-refractivity contribution < 1.29 is 23.4 Å². The van der Waals surface area contributed by atoms with Crippen LogP contribution < -0.4 is 9.47 Å². The molecule has 0 unspecified atom stereocenters. The summed E-state index contributed by atoms with van der Waals surface area (Å²) in [7, 11) is 0. The summed E-state index contributed by atoms with van der Waals surface area (Å²) < 4.78 is 29.1. The molecule has 0 N–H and O–H groups in total. The SMILES string of the molecule is C#CCOC(=O)[C@@H](C)O[13c]1[13cH][13cH][13c](Oc2ncc(Cl)cc2F)[13cH][13cH]1. The van der Waals surface area contributed by atoms with Gasteiger partial charge >= 0.3 is 5.97 Å². The van der Waals surface area contributed by atoms with Gasteiger partial charge in [-0.05, 0) is 37.3 Å². The molecule has 2 rings (SSSR count). The summed E-state index contributed by atoms with van der Waals surface area (Å²) in [6.45, 7) is 1.43. The molecule has 24 heavy (non-hydrogen) atoms. The molecule has 1 heterocycles. The Morgan fingerprint density at radius 2 is 2.04 bits per heavy atom. The predicted molar refractivity (Wildman–Crippen MR) is 85.6 cm³/mol. The molecule has 0 aliphatic carbocycles. The number of nitrogens with zero attached hydrogens (tertiary/aromatic N) is 1. The van der Waals surface area contributed by atoms with Crippen molar-refractivity contribution in [1.82, 2.24) is 4.98 Å². The van der Waals surface area contributed by atoms with Gasteiger partial charge in [0.15, 0.2) is 18.5 Å². The van der Waals surface area contributed by atoms with E-state index < -0.39 is 17.9 Å². The molecule has 0 fully saturated rings. The smallest absolute Gasteiger partial charge is 0.347 e. The van der Waals surface area contributed by atoms with E-state index in [4.69, 9.17) is 32.2 Å². The van der Waals surface area contributed by atoms with Gasteiger partial charge in [-0.15, -0.1) is 6.42 Å². The van der Waals surface area contributed by atoms with Crippen LogP contribution in [0.25, 0.3) is 0 Å². The molecule has 5 nitrogen and oxygen atoms in total. The fourth-order valence-corrected chi connectivity index (χ4v) is 1.80. The lowest BCUT2D eigenvalue weighted by Gasteiger charge is -2.13. The molecule has 1 aromatic carbocycles. The predicted octanol–water partition coefficient (Wildman–Crippen LogP) is 3.61. The highest BCUT2D eigenvalue weighted by molar-refractivity contribution is 6.30. The Morgan fingerprint density at radius 3 is 2.67 bits per heavy atom. The molecule has 1 atom stereocenters. The largest absolute Gasteiger partial charge is 0.479 e. The quantitative estimate of drug-likeness (QED) is 0.585. The normalized spacial score (nSPS) is 11.2. The minimum absolute atomic E-state index is 0.112. The summed E-state index contributed by atoms with van der Waals surface area (Å²) in [5.41, 5.74) is 0. The van der Waals surface area contributed by atoms with Crippen molar-refractivity contribution in [3.63, 3.8) is 0 Å². The van der Waals surface area contributed by atoms with Crippen molar-refractivity contribution in [2.75, 3.05) is 6.61 Å². The molecule has 0 amide bonds. The second kappa shape index (κ2) is 8.18. The fourth-order valence-electron chi connectivity index (χ4n) is 1.66. The number of carbonyl (C=O) groups excluding carboxylic acids is 1.